The Hall–Kier alpha value is -3.65. The van der Waals surface area contributed by atoms with Gasteiger partial charge in [0.15, 0.2) is 5.82 Å². The molecular weight excluding hydrogens is 364 g/mol. The van der Waals surface area contributed by atoms with Crippen molar-refractivity contribution in [3.05, 3.63) is 60.0 Å². The van der Waals surface area contributed by atoms with Crippen LogP contribution in [0.4, 0.5) is 23.1 Å². The van der Waals surface area contributed by atoms with Crippen LogP contribution in [0.1, 0.15) is 0 Å². The summed E-state index contributed by atoms with van der Waals surface area (Å²) in [6.07, 6.45) is 5.09. The molecule has 0 atom stereocenters. The molecule has 2 aromatic carbocycles. The normalized spacial score (nSPS) is 11.1. The number of aromatic nitrogens is 6. The maximum atomic E-state index is 6.26. The average molecular weight is 377 g/mol. The number of hydrogen-bond acceptors (Lipinski definition) is 6. The van der Waals surface area contributed by atoms with Gasteiger partial charge in [-0.25, -0.2) is 4.98 Å². The van der Waals surface area contributed by atoms with E-state index in [9.17, 15) is 0 Å². The quantitative estimate of drug-likeness (QED) is 0.371. The highest BCUT2D eigenvalue weighted by atomic mass is 35.5. The molecule has 5 aromatic rings. The van der Waals surface area contributed by atoms with Crippen molar-refractivity contribution in [3.63, 3.8) is 0 Å². The molecule has 3 aromatic heterocycles. The maximum Gasteiger partial charge on any atom is 0.229 e. The lowest BCUT2D eigenvalue weighted by Crippen LogP contribution is -2.01. The minimum absolute atomic E-state index is 0.429. The third kappa shape index (κ3) is 3.02. The largest absolute Gasteiger partial charge is 0.339 e. The Balaban J connectivity index is 1.42. The highest BCUT2D eigenvalue weighted by molar-refractivity contribution is 6.32. The van der Waals surface area contributed by atoms with Gasteiger partial charge in [0.2, 0.25) is 5.95 Å². The van der Waals surface area contributed by atoms with Crippen molar-refractivity contribution in [1.82, 2.24) is 30.4 Å². The van der Waals surface area contributed by atoms with E-state index in [2.05, 4.69) is 41.0 Å². The first kappa shape index (κ1) is 15.6. The number of nitrogens with zero attached hydrogens (tertiary/aromatic N) is 4. The van der Waals surface area contributed by atoms with Crippen molar-refractivity contribution in [3.8, 4) is 0 Å². The predicted octanol–water partition coefficient (Wildman–Crippen LogP) is 4.37. The summed E-state index contributed by atoms with van der Waals surface area (Å²) in [4.78, 5) is 8.74. The number of H-pyrrole nitrogens is 2. The Labute approximate surface area is 158 Å². The fraction of sp³-hybridized carbons (Fsp3) is 0. The Morgan fingerprint density at radius 1 is 0.778 bits per heavy atom. The number of hydrogen-bond donors (Lipinski definition) is 4. The van der Waals surface area contributed by atoms with Crippen molar-refractivity contribution < 1.29 is 0 Å². The van der Waals surface area contributed by atoms with E-state index in [1.807, 2.05) is 36.4 Å². The average Bonchev–Trinajstić information content (AvgIpc) is 3.32. The number of anilines is 4. The molecule has 5 rings (SSSR count). The summed E-state index contributed by atoms with van der Waals surface area (Å²) >= 11 is 6.26. The second kappa shape index (κ2) is 6.26. The minimum atomic E-state index is 0.429. The van der Waals surface area contributed by atoms with Crippen LogP contribution >= 0.6 is 11.6 Å². The van der Waals surface area contributed by atoms with Crippen LogP contribution in [0.2, 0.25) is 5.02 Å². The summed E-state index contributed by atoms with van der Waals surface area (Å²) in [5.41, 5.74) is 3.65. The van der Waals surface area contributed by atoms with E-state index in [4.69, 9.17) is 11.6 Å². The van der Waals surface area contributed by atoms with E-state index in [1.165, 1.54) is 0 Å². The van der Waals surface area contributed by atoms with Gasteiger partial charge in [-0.2, -0.15) is 15.2 Å². The molecule has 132 valence electrons. The fourth-order valence-corrected chi connectivity index (χ4v) is 2.96. The molecule has 0 aliphatic heterocycles. The molecule has 0 unspecified atom stereocenters. The summed E-state index contributed by atoms with van der Waals surface area (Å²) in [5, 5.41) is 22.7. The van der Waals surface area contributed by atoms with Gasteiger partial charge >= 0.3 is 0 Å². The summed E-state index contributed by atoms with van der Waals surface area (Å²) in [5.74, 6) is 0.954. The van der Waals surface area contributed by atoms with Gasteiger partial charge in [-0.1, -0.05) is 11.6 Å². The van der Waals surface area contributed by atoms with Crippen molar-refractivity contribution in [2.24, 2.45) is 0 Å². The molecule has 4 N–H and O–H groups in total. The van der Waals surface area contributed by atoms with E-state index < -0.39 is 0 Å². The molecule has 0 amide bonds. The third-order valence-corrected chi connectivity index (χ3v) is 4.42. The Bertz CT molecular complexity index is 1260. The first-order valence-corrected chi connectivity index (χ1v) is 8.55. The SMILES string of the molecule is Clc1cnc(Nc2ccc3[nH]ncc3c2)nc1Nc1ccc2[nH]ncc2c1. The van der Waals surface area contributed by atoms with Crippen LogP contribution < -0.4 is 10.6 Å². The molecule has 8 nitrogen and oxygen atoms in total. The van der Waals surface area contributed by atoms with E-state index >= 15 is 0 Å². The zero-order valence-corrected chi connectivity index (χ0v) is 14.6. The summed E-state index contributed by atoms with van der Waals surface area (Å²) in [6.45, 7) is 0. The van der Waals surface area contributed by atoms with Crippen LogP contribution in [0.5, 0.6) is 0 Å². The predicted molar refractivity (Wildman–Crippen MR) is 106 cm³/mol. The Morgan fingerprint density at radius 2 is 1.41 bits per heavy atom. The number of benzene rings is 2. The van der Waals surface area contributed by atoms with E-state index in [0.717, 1.165) is 33.2 Å². The highest BCUT2D eigenvalue weighted by Crippen LogP contribution is 2.27. The number of rotatable bonds is 4. The molecule has 0 fully saturated rings. The minimum Gasteiger partial charge on any atom is -0.339 e. The van der Waals surface area contributed by atoms with Crippen LogP contribution in [-0.4, -0.2) is 30.4 Å². The van der Waals surface area contributed by atoms with Gasteiger partial charge in [-0.3, -0.25) is 10.2 Å². The molecule has 0 aliphatic rings. The first-order chi connectivity index (χ1) is 13.2. The number of aromatic amines is 2. The molecule has 0 saturated carbocycles. The first-order valence-electron chi connectivity index (χ1n) is 8.17. The lowest BCUT2D eigenvalue weighted by molar-refractivity contribution is 1.12. The number of fused-ring (bicyclic) bond motifs is 2. The molecule has 0 bridgehead atoms. The van der Waals surface area contributed by atoms with Crippen LogP contribution in [0.15, 0.2) is 55.0 Å². The molecule has 0 radical (unpaired) electrons. The lowest BCUT2D eigenvalue weighted by Gasteiger charge is -2.10. The van der Waals surface area contributed by atoms with Crippen molar-refractivity contribution in [2.45, 2.75) is 0 Å². The second-order valence-corrected chi connectivity index (χ2v) is 6.39. The molecule has 27 heavy (non-hydrogen) atoms. The Morgan fingerprint density at radius 3 is 2.07 bits per heavy atom. The van der Waals surface area contributed by atoms with Crippen LogP contribution in [0, 0.1) is 0 Å². The molecular formula is C18H13ClN8. The summed E-state index contributed by atoms with van der Waals surface area (Å²) < 4.78 is 0. The van der Waals surface area contributed by atoms with Gasteiger partial charge < -0.3 is 10.6 Å². The molecule has 9 heteroatoms. The smallest absolute Gasteiger partial charge is 0.229 e. The number of halogens is 1. The number of nitrogens with one attached hydrogen (secondary N) is 4. The van der Waals surface area contributed by atoms with E-state index in [-0.39, 0.29) is 0 Å². The van der Waals surface area contributed by atoms with Gasteiger partial charge in [0.25, 0.3) is 0 Å². The zero-order valence-electron chi connectivity index (χ0n) is 13.9. The lowest BCUT2D eigenvalue weighted by atomic mass is 10.2. The van der Waals surface area contributed by atoms with Gasteiger partial charge in [0.05, 0.1) is 29.6 Å². The summed E-state index contributed by atoms with van der Waals surface area (Å²) in [7, 11) is 0. The van der Waals surface area contributed by atoms with Crippen molar-refractivity contribution >= 4 is 56.5 Å². The van der Waals surface area contributed by atoms with Gasteiger partial charge in [0.1, 0.15) is 5.02 Å². The second-order valence-electron chi connectivity index (χ2n) is 5.98. The van der Waals surface area contributed by atoms with Gasteiger partial charge in [-0.05, 0) is 36.4 Å². The molecule has 0 spiro atoms. The zero-order chi connectivity index (χ0) is 18.2. The van der Waals surface area contributed by atoms with Crippen molar-refractivity contribution in [1.29, 1.82) is 0 Å². The van der Waals surface area contributed by atoms with Gasteiger partial charge in [0, 0.05) is 22.1 Å². The van der Waals surface area contributed by atoms with E-state index in [1.54, 1.807) is 18.6 Å². The maximum absolute atomic E-state index is 6.26. The molecule has 0 aliphatic carbocycles. The highest BCUT2D eigenvalue weighted by Gasteiger charge is 2.08. The Kier molecular flexibility index (Phi) is 3.61. The molecule has 0 saturated heterocycles. The van der Waals surface area contributed by atoms with Gasteiger partial charge in [-0.15, -0.1) is 0 Å². The van der Waals surface area contributed by atoms with Crippen LogP contribution in [0.25, 0.3) is 21.8 Å². The van der Waals surface area contributed by atoms with Crippen LogP contribution in [-0.2, 0) is 0 Å². The topological polar surface area (TPSA) is 107 Å². The van der Waals surface area contributed by atoms with Crippen LogP contribution in [0.3, 0.4) is 0 Å². The monoisotopic (exact) mass is 376 g/mol. The standard InChI is InChI=1S/C18H13ClN8/c19-14-9-20-18(24-13-2-4-16-11(6-13)8-22-27-16)25-17(14)23-12-1-3-15-10(5-12)7-21-26-15/h1-9H,(H,21,26)(H,22,27)(H2,20,23,24,25). The summed E-state index contributed by atoms with van der Waals surface area (Å²) in [6, 6.07) is 11.7. The third-order valence-electron chi connectivity index (χ3n) is 4.14. The molecule has 3 heterocycles. The van der Waals surface area contributed by atoms with Crippen molar-refractivity contribution in [2.75, 3.05) is 10.6 Å². The fourth-order valence-electron chi connectivity index (χ4n) is 2.82. The van der Waals surface area contributed by atoms with E-state index in [0.29, 0.717) is 16.8 Å².